The van der Waals surface area contributed by atoms with Gasteiger partial charge in [0.15, 0.2) is 0 Å². The first-order valence-electron chi connectivity index (χ1n) is 22.2. The van der Waals surface area contributed by atoms with Crippen molar-refractivity contribution in [2.45, 2.75) is 51.4 Å². The Morgan fingerprint density at radius 3 is 1.90 bits per heavy atom. The lowest BCUT2D eigenvalue weighted by molar-refractivity contribution is 0.445. The molecule has 0 radical (unpaired) electrons. The van der Waals surface area contributed by atoms with Crippen LogP contribution in [-0.2, 0) is 0 Å². The van der Waals surface area contributed by atoms with E-state index in [1.165, 1.54) is 93.1 Å². The number of para-hydroxylation sites is 1. The van der Waals surface area contributed by atoms with Crippen molar-refractivity contribution in [3.05, 3.63) is 211 Å². The highest BCUT2D eigenvalue weighted by Gasteiger charge is 2.27. The minimum atomic E-state index is 0.380. The van der Waals surface area contributed by atoms with Crippen LogP contribution in [0.3, 0.4) is 0 Å². The number of rotatable bonds is 8. The van der Waals surface area contributed by atoms with E-state index >= 15 is 0 Å². The van der Waals surface area contributed by atoms with Crippen LogP contribution in [0, 0.1) is 5.92 Å². The second kappa shape index (κ2) is 15.9. The van der Waals surface area contributed by atoms with Crippen molar-refractivity contribution < 1.29 is 4.42 Å². The zero-order valence-corrected chi connectivity index (χ0v) is 34.7. The summed E-state index contributed by atoms with van der Waals surface area (Å²) in [5.74, 6) is 0.976. The number of benzene rings is 8. The molecule has 2 aliphatic rings. The van der Waals surface area contributed by atoms with E-state index in [0.717, 1.165) is 45.3 Å². The van der Waals surface area contributed by atoms with Crippen LogP contribution in [0.1, 0.15) is 62.5 Å². The number of anilines is 2. The molecule has 0 aliphatic heterocycles. The average molecular weight is 788 g/mol. The molecule has 0 amide bonds. The molecule has 296 valence electrons. The van der Waals surface area contributed by atoms with Gasteiger partial charge in [0, 0.05) is 33.4 Å². The van der Waals surface area contributed by atoms with E-state index in [-0.39, 0.29) is 0 Å². The summed E-state index contributed by atoms with van der Waals surface area (Å²) < 4.78 is 6.37. The number of hydrogen-bond donors (Lipinski definition) is 0. The Bertz CT molecular complexity index is 3080. The largest absolute Gasteiger partial charge is 0.456 e. The standard InChI is InChI=1S/C59H49NO/c1-40-28-37-52(53-25-12-19-46-18-11-23-50(58(46)53)45-16-6-3-7-17-45)55(38-40)60(48-35-33-44(34-36-48)43-31-29-42(30-32-43)41-14-4-2-5-15-41)49-21-10-20-47(39-49)51-24-13-27-57-59(51)54-22-8-9-26-56(54)61-57/h2,4-5,8-15,18-27,29-40,45H,3,6-7,16-17,28H2,1H3. The molecule has 2 nitrogen and oxygen atoms in total. The van der Waals surface area contributed by atoms with Gasteiger partial charge in [0.05, 0.1) is 0 Å². The van der Waals surface area contributed by atoms with Crippen molar-refractivity contribution in [1.29, 1.82) is 0 Å². The molecule has 0 saturated heterocycles. The van der Waals surface area contributed by atoms with E-state index in [9.17, 15) is 0 Å². The van der Waals surface area contributed by atoms with Gasteiger partial charge in [0.2, 0.25) is 0 Å². The second-order valence-corrected chi connectivity index (χ2v) is 17.1. The molecule has 1 saturated carbocycles. The summed E-state index contributed by atoms with van der Waals surface area (Å²) in [6, 6.07) is 66.7. The van der Waals surface area contributed by atoms with Gasteiger partial charge in [-0.05, 0) is 123 Å². The second-order valence-electron chi connectivity index (χ2n) is 17.1. The maximum Gasteiger partial charge on any atom is 0.136 e. The lowest BCUT2D eigenvalue weighted by Crippen LogP contribution is -2.21. The van der Waals surface area contributed by atoms with Crippen LogP contribution in [0.5, 0.6) is 0 Å². The van der Waals surface area contributed by atoms with Crippen molar-refractivity contribution in [1.82, 2.24) is 0 Å². The van der Waals surface area contributed by atoms with Gasteiger partial charge in [0.1, 0.15) is 11.2 Å². The normalized spacial score (nSPS) is 15.9. The molecule has 1 unspecified atom stereocenters. The summed E-state index contributed by atoms with van der Waals surface area (Å²) in [4.78, 5) is 2.52. The maximum absolute atomic E-state index is 6.37. The van der Waals surface area contributed by atoms with Crippen LogP contribution >= 0.6 is 0 Å². The first-order chi connectivity index (χ1) is 30.2. The summed E-state index contributed by atoms with van der Waals surface area (Å²) in [6.07, 6.45) is 12.6. The average Bonchev–Trinajstić information content (AvgIpc) is 3.72. The van der Waals surface area contributed by atoms with E-state index in [2.05, 4.69) is 200 Å². The van der Waals surface area contributed by atoms with E-state index in [4.69, 9.17) is 4.42 Å². The highest BCUT2D eigenvalue weighted by Crippen LogP contribution is 2.46. The van der Waals surface area contributed by atoms with Gasteiger partial charge in [-0.25, -0.2) is 0 Å². The molecular formula is C59H49NO. The van der Waals surface area contributed by atoms with Gasteiger partial charge in [-0.3, -0.25) is 0 Å². The van der Waals surface area contributed by atoms with Crippen LogP contribution in [0.4, 0.5) is 11.4 Å². The Morgan fingerprint density at radius 1 is 0.492 bits per heavy atom. The Balaban J connectivity index is 1.06. The van der Waals surface area contributed by atoms with Gasteiger partial charge in [0.25, 0.3) is 0 Å². The predicted molar refractivity (Wildman–Crippen MR) is 258 cm³/mol. The third kappa shape index (κ3) is 6.96. The van der Waals surface area contributed by atoms with Crippen molar-refractivity contribution in [2.24, 2.45) is 5.92 Å². The monoisotopic (exact) mass is 787 g/mol. The first-order valence-corrected chi connectivity index (χ1v) is 22.2. The Kier molecular flexibility index (Phi) is 9.70. The van der Waals surface area contributed by atoms with Gasteiger partial charge in [-0.15, -0.1) is 0 Å². The van der Waals surface area contributed by atoms with Crippen molar-refractivity contribution in [3.8, 4) is 33.4 Å². The van der Waals surface area contributed by atoms with Crippen molar-refractivity contribution in [3.63, 3.8) is 0 Å². The summed E-state index contributed by atoms with van der Waals surface area (Å²) in [5, 5.41) is 5.05. The molecule has 11 rings (SSSR count). The molecule has 0 spiro atoms. The summed E-state index contributed by atoms with van der Waals surface area (Å²) in [5.41, 5.74) is 16.7. The Morgan fingerprint density at radius 2 is 1.11 bits per heavy atom. The number of fused-ring (bicyclic) bond motifs is 4. The van der Waals surface area contributed by atoms with Gasteiger partial charge < -0.3 is 9.32 Å². The number of furan rings is 1. The fourth-order valence-corrected chi connectivity index (χ4v) is 10.2. The minimum Gasteiger partial charge on any atom is -0.456 e. The zero-order valence-electron chi connectivity index (χ0n) is 34.7. The SMILES string of the molecule is CC1C=C(N(c2ccc(-c3ccc(-c4ccccc4)cc3)cc2)c2cccc(-c3cccc4oc5ccccc5c34)c2)C(c2cccc3cccc(C4CCCCC4)c23)=CC1. The molecular weight excluding hydrogens is 739 g/mol. The van der Waals surface area contributed by atoms with Crippen LogP contribution in [-0.4, -0.2) is 0 Å². The minimum absolute atomic E-state index is 0.380. The Hall–Kier alpha value is -6.90. The Labute approximate surface area is 359 Å². The molecule has 8 aromatic carbocycles. The molecule has 61 heavy (non-hydrogen) atoms. The van der Waals surface area contributed by atoms with Crippen molar-refractivity contribution in [2.75, 3.05) is 4.90 Å². The zero-order chi connectivity index (χ0) is 40.7. The van der Waals surface area contributed by atoms with Crippen LogP contribution < -0.4 is 4.90 Å². The quantitative estimate of drug-likeness (QED) is 0.152. The van der Waals surface area contributed by atoms with Crippen LogP contribution in [0.15, 0.2) is 204 Å². The lowest BCUT2D eigenvalue weighted by Gasteiger charge is -2.34. The van der Waals surface area contributed by atoms with E-state index < -0.39 is 0 Å². The predicted octanol–water partition coefficient (Wildman–Crippen LogP) is 16.9. The van der Waals surface area contributed by atoms with Crippen LogP contribution in [0.25, 0.3) is 71.7 Å². The highest BCUT2D eigenvalue weighted by molar-refractivity contribution is 6.12. The number of hydrogen-bond acceptors (Lipinski definition) is 2. The van der Waals surface area contributed by atoms with Gasteiger partial charge >= 0.3 is 0 Å². The smallest absolute Gasteiger partial charge is 0.136 e. The molecule has 1 heterocycles. The number of allylic oxidation sites excluding steroid dienone is 3. The first kappa shape index (κ1) is 37.1. The molecule has 1 fully saturated rings. The molecule has 0 N–H and O–H groups in total. The lowest BCUT2D eigenvalue weighted by atomic mass is 9.79. The third-order valence-electron chi connectivity index (χ3n) is 13.2. The third-order valence-corrected chi connectivity index (χ3v) is 13.2. The fourth-order valence-electron chi connectivity index (χ4n) is 10.2. The molecule has 2 heteroatoms. The van der Waals surface area contributed by atoms with E-state index in [1.807, 2.05) is 6.07 Å². The maximum atomic E-state index is 6.37. The molecule has 1 atom stereocenters. The molecule has 2 aliphatic carbocycles. The molecule has 0 bridgehead atoms. The number of nitrogens with zero attached hydrogens (tertiary/aromatic N) is 1. The summed E-state index contributed by atoms with van der Waals surface area (Å²) >= 11 is 0. The van der Waals surface area contributed by atoms with Gasteiger partial charge in [-0.1, -0.05) is 184 Å². The highest BCUT2D eigenvalue weighted by atomic mass is 16.3. The topological polar surface area (TPSA) is 16.4 Å². The summed E-state index contributed by atoms with van der Waals surface area (Å²) in [7, 11) is 0. The van der Waals surface area contributed by atoms with Crippen molar-refractivity contribution >= 4 is 49.7 Å². The van der Waals surface area contributed by atoms with Gasteiger partial charge in [-0.2, -0.15) is 0 Å². The molecule has 1 aromatic heterocycles. The molecule has 9 aromatic rings. The summed E-state index contributed by atoms with van der Waals surface area (Å²) in [6.45, 7) is 2.35. The van der Waals surface area contributed by atoms with E-state index in [1.54, 1.807) is 0 Å². The van der Waals surface area contributed by atoms with E-state index in [0.29, 0.717) is 11.8 Å². The fraction of sp³-hybridized carbons (Fsp3) is 0.153. The van der Waals surface area contributed by atoms with Crippen LogP contribution in [0.2, 0.25) is 0 Å².